The number of nitrogens with zero attached hydrogens (tertiary/aromatic N) is 4. The van der Waals surface area contributed by atoms with Crippen LogP contribution in [-0.4, -0.2) is 33.8 Å². The lowest BCUT2D eigenvalue weighted by Gasteiger charge is -2.26. The van der Waals surface area contributed by atoms with Crippen molar-refractivity contribution in [3.63, 3.8) is 0 Å². The first-order valence-electron chi connectivity index (χ1n) is 9.73. The van der Waals surface area contributed by atoms with Gasteiger partial charge in [0.2, 0.25) is 5.82 Å². The van der Waals surface area contributed by atoms with Gasteiger partial charge in [-0.3, -0.25) is 4.79 Å². The Morgan fingerprint density at radius 1 is 1.13 bits per heavy atom. The molecule has 0 radical (unpaired) electrons. The maximum atomic E-state index is 14.3. The van der Waals surface area contributed by atoms with E-state index in [4.69, 9.17) is 4.74 Å². The second-order valence-electron chi connectivity index (χ2n) is 7.07. The molecule has 0 fully saturated rings. The zero-order valence-corrected chi connectivity index (χ0v) is 18.1. The SMILES string of the molecule is COc1ccc(N(C(=O)c2nc(-c3cccs3)n(-c3ccccc3)n2)C(C)C)cc1F. The normalized spacial score (nSPS) is 11.0. The number of rotatable bonds is 6. The summed E-state index contributed by atoms with van der Waals surface area (Å²) in [5.74, 6) is -0.217. The van der Waals surface area contributed by atoms with Crippen LogP contribution in [0.3, 0.4) is 0 Å². The number of carbonyl (C=O) groups excluding carboxylic acids is 1. The van der Waals surface area contributed by atoms with Crippen LogP contribution in [0.2, 0.25) is 0 Å². The van der Waals surface area contributed by atoms with Gasteiger partial charge in [0.15, 0.2) is 17.4 Å². The Kier molecular flexibility index (Phi) is 5.81. The van der Waals surface area contributed by atoms with E-state index in [2.05, 4.69) is 10.1 Å². The van der Waals surface area contributed by atoms with Crippen molar-refractivity contribution in [2.24, 2.45) is 0 Å². The lowest BCUT2D eigenvalue weighted by molar-refractivity contribution is 0.0970. The molecule has 2 heterocycles. The first-order chi connectivity index (χ1) is 15.0. The van der Waals surface area contributed by atoms with Crippen LogP contribution in [0.1, 0.15) is 24.5 Å². The van der Waals surface area contributed by atoms with Crippen LogP contribution in [0.15, 0.2) is 66.0 Å². The van der Waals surface area contributed by atoms with E-state index >= 15 is 0 Å². The quantitative estimate of drug-likeness (QED) is 0.417. The van der Waals surface area contributed by atoms with Crippen LogP contribution in [0, 0.1) is 5.82 Å². The maximum Gasteiger partial charge on any atom is 0.298 e. The Morgan fingerprint density at radius 2 is 1.90 bits per heavy atom. The lowest BCUT2D eigenvalue weighted by atomic mass is 10.2. The van der Waals surface area contributed by atoms with E-state index < -0.39 is 11.7 Å². The molecule has 158 valence electrons. The second-order valence-corrected chi connectivity index (χ2v) is 8.02. The zero-order valence-electron chi connectivity index (χ0n) is 17.3. The van der Waals surface area contributed by atoms with Crippen molar-refractivity contribution in [2.45, 2.75) is 19.9 Å². The van der Waals surface area contributed by atoms with E-state index in [1.54, 1.807) is 10.7 Å². The number of thiophene rings is 1. The summed E-state index contributed by atoms with van der Waals surface area (Å²) in [6.07, 6.45) is 0. The standard InChI is InChI=1S/C23H21FN4O2S/c1-15(2)27(17-11-12-19(30-3)18(24)14-17)23(29)21-25-22(20-10-7-13-31-20)28(26-21)16-8-5-4-6-9-16/h4-15H,1-3H3. The molecule has 31 heavy (non-hydrogen) atoms. The molecule has 0 unspecified atom stereocenters. The lowest BCUT2D eigenvalue weighted by Crippen LogP contribution is -2.37. The average molecular weight is 437 g/mol. The minimum Gasteiger partial charge on any atom is -0.494 e. The summed E-state index contributed by atoms with van der Waals surface area (Å²) >= 11 is 1.52. The van der Waals surface area contributed by atoms with Crippen LogP contribution in [0.4, 0.5) is 10.1 Å². The molecular weight excluding hydrogens is 415 g/mol. The summed E-state index contributed by atoms with van der Waals surface area (Å²) in [7, 11) is 1.40. The summed E-state index contributed by atoms with van der Waals surface area (Å²) in [5, 5.41) is 6.47. The van der Waals surface area contributed by atoms with Crippen LogP contribution >= 0.6 is 11.3 Å². The molecule has 0 bridgehead atoms. The average Bonchev–Trinajstić information content (AvgIpc) is 3.44. The van der Waals surface area contributed by atoms with E-state index in [1.807, 2.05) is 61.7 Å². The Hall–Kier alpha value is -3.52. The molecule has 2 aromatic heterocycles. The van der Waals surface area contributed by atoms with E-state index in [0.717, 1.165) is 10.6 Å². The molecule has 0 saturated carbocycles. The van der Waals surface area contributed by atoms with Gasteiger partial charge in [0.25, 0.3) is 5.91 Å². The van der Waals surface area contributed by atoms with Crippen molar-refractivity contribution in [3.05, 3.63) is 77.7 Å². The van der Waals surface area contributed by atoms with Gasteiger partial charge in [-0.05, 0) is 49.6 Å². The highest BCUT2D eigenvalue weighted by Crippen LogP contribution is 2.28. The number of hydrogen-bond donors (Lipinski definition) is 0. The molecule has 0 N–H and O–H groups in total. The van der Waals surface area contributed by atoms with Crippen molar-refractivity contribution >= 4 is 22.9 Å². The molecule has 0 aliphatic heterocycles. The van der Waals surface area contributed by atoms with Crippen molar-refractivity contribution in [1.82, 2.24) is 14.8 Å². The molecular formula is C23H21FN4O2S. The van der Waals surface area contributed by atoms with Crippen molar-refractivity contribution in [2.75, 3.05) is 12.0 Å². The van der Waals surface area contributed by atoms with Crippen LogP contribution in [0.25, 0.3) is 16.4 Å². The predicted octanol–water partition coefficient (Wildman–Crippen LogP) is 5.20. The summed E-state index contributed by atoms with van der Waals surface area (Å²) in [6.45, 7) is 3.71. The Labute approximate surface area is 183 Å². The first-order valence-corrected chi connectivity index (χ1v) is 10.6. The van der Waals surface area contributed by atoms with Gasteiger partial charge >= 0.3 is 0 Å². The fourth-order valence-electron chi connectivity index (χ4n) is 3.28. The summed E-state index contributed by atoms with van der Waals surface area (Å²) in [5.41, 5.74) is 1.20. The maximum absolute atomic E-state index is 14.3. The largest absolute Gasteiger partial charge is 0.494 e. The summed E-state index contributed by atoms with van der Waals surface area (Å²) in [6, 6.07) is 17.6. The van der Waals surface area contributed by atoms with E-state index in [0.29, 0.717) is 11.5 Å². The summed E-state index contributed by atoms with van der Waals surface area (Å²) in [4.78, 5) is 20.4. The number of methoxy groups -OCH3 is 1. The number of anilines is 1. The molecule has 4 aromatic rings. The molecule has 0 saturated heterocycles. The van der Waals surface area contributed by atoms with Crippen molar-refractivity contribution in [3.8, 4) is 22.1 Å². The molecule has 8 heteroatoms. The van der Waals surface area contributed by atoms with Crippen LogP contribution < -0.4 is 9.64 Å². The third-order valence-electron chi connectivity index (χ3n) is 4.69. The number of benzene rings is 2. The molecule has 0 aliphatic rings. The van der Waals surface area contributed by atoms with E-state index in [1.165, 1.54) is 35.5 Å². The van der Waals surface area contributed by atoms with Crippen molar-refractivity contribution in [1.29, 1.82) is 0 Å². The van der Waals surface area contributed by atoms with Gasteiger partial charge in [-0.25, -0.2) is 14.1 Å². The molecule has 0 spiro atoms. The van der Waals surface area contributed by atoms with Crippen LogP contribution in [0.5, 0.6) is 5.75 Å². The van der Waals surface area contributed by atoms with Gasteiger partial charge < -0.3 is 9.64 Å². The van der Waals surface area contributed by atoms with Gasteiger partial charge in [-0.15, -0.1) is 16.4 Å². The van der Waals surface area contributed by atoms with Gasteiger partial charge in [0, 0.05) is 17.8 Å². The second kappa shape index (κ2) is 8.69. The number of halogens is 1. The Bertz CT molecular complexity index is 1190. The van der Waals surface area contributed by atoms with Crippen molar-refractivity contribution < 1.29 is 13.9 Å². The Balaban J connectivity index is 1.79. The molecule has 0 atom stereocenters. The van der Waals surface area contributed by atoms with Gasteiger partial charge in [0.1, 0.15) is 0 Å². The number of ether oxygens (including phenoxy) is 1. The number of para-hydroxylation sites is 1. The minimum atomic E-state index is -0.541. The number of aromatic nitrogens is 3. The highest BCUT2D eigenvalue weighted by Gasteiger charge is 2.27. The molecule has 2 aromatic carbocycles. The number of carbonyl (C=O) groups is 1. The van der Waals surface area contributed by atoms with Crippen LogP contribution in [-0.2, 0) is 0 Å². The zero-order chi connectivity index (χ0) is 22.0. The molecule has 6 nitrogen and oxygen atoms in total. The van der Waals surface area contributed by atoms with Gasteiger partial charge in [-0.2, -0.15) is 0 Å². The fraction of sp³-hybridized carbons (Fsp3) is 0.174. The Morgan fingerprint density at radius 3 is 2.52 bits per heavy atom. The van der Waals surface area contributed by atoms with E-state index in [-0.39, 0.29) is 17.6 Å². The minimum absolute atomic E-state index is 0.0391. The number of amides is 1. The smallest absolute Gasteiger partial charge is 0.298 e. The van der Waals surface area contributed by atoms with E-state index in [9.17, 15) is 9.18 Å². The highest BCUT2D eigenvalue weighted by molar-refractivity contribution is 7.13. The monoisotopic (exact) mass is 436 g/mol. The third kappa shape index (κ3) is 4.06. The molecule has 4 rings (SSSR count). The fourth-order valence-corrected chi connectivity index (χ4v) is 3.98. The predicted molar refractivity (Wildman–Crippen MR) is 120 cm³/mol. The molecule has 0 aliphatic carbocycles. The first kappa shape index (κ1) is 20.7. The topological polar surface area (TPSA) is 60.2 Å². The summed E-state index contributed by atoms with van der Waals surface area (Å²) < 4.78 is 21.0. The van der Waals surface area contributed by atoms with Gasteiger partial charge in [0.05, 0.1) is 17.7 Å². The third-order valence-corrected chi connectivity index (χ3v) is 5.56. The van der Waals surface area contributed by atoms with Gasteiger partial charge in [-0.1, -0.05) is 24.3 Å². The number of hydrogen-bond acceptors (Lipinski definition) is 5. The molecule has 1 amide bonds. The highest BCUT2D eigenvalue weighted by atomic mass is 32.1.